The predicted molar refractivity (Wildman–Crippen MR) is 227 cm³/mol. The van der Waals surface area contributed by atoms with Gasteiger partial charge in [0.15, 0.2) is 6.17 Å². The number of aliphatic imine (C=N–C) groups is 2. The highest BCUT2D eigenvalue weighted by molar-refractivity contribution is 6.16. The van der Waals surface area contributed by atoms with Crippen LogP contribution in [0.15, 0.2) is 215 Å². The molecule has 0 fully saturated rings. The van der Waals surface area contributed by atoms with Crippen molar-refractivity contribution in [1.29, 1.82) is 0 Å². The maximum atomic E-state index is 6.54. The summed E-state index contributed by atoms with van der Waals surface area (Å²) < 4.78 is 6.54. The number of hydrogen-bond donors (Lipinski definition) is 1. The summed E-state index contributed by atoms with van der Waals surface area (Å²) in [7, 11) is 0. The minimum atomic E-state index is -0.473. The fourth-order valence-corrected chi connectivity index (χ4v) is 7.59. The van der Waals surface area contributed by atoms with Crippen molar-refractivity contribution in [2.24, 2.45) is 9.98 Å². The first kappa shape index (κ1) is 32.4. The minimum absolute atomic E-state index is 0.473. The van der Waals surface area contributed by atoms with Crippen molar-refractivity contribution < 1.29 is 4.42 Å². The van der Waals surface area contributed by atoms with E-state index in [2.05, 4.69) is 181 Å². The van der Waals surface area contributed by atoms with Gasteiger partial charge in [-0.05, 0) is 92.5 Å². The molecule has 0 amide bonds. The van der Waals surface area contributed by atoms with Gasteiger partial charge in [-0.15, -0.1) is 0 Å². The van der Waals surface area contributed by atoms with E-state index < -0.39 is 6.17 Å². The first-order valence-corrected chi connectivity index (χ1v) is 18.6. The van der Waals surface area contributed by atoms with Gasteiger partial charge in [0.05, 0.1) is 0 Å². The molecule has 0 aliphatic carbocycles. The van der Waals surface area contributed by atoms with E-state index in [9.17, 15) is 0 Å². The van der Waals surface area contributed by atoms with E-state index in [0.29, 0.717) is 0 Å². The third-order valence-electron chi connectivity index (χ3n) is 10.3. The molecule has 1 N–H and O–H groups in total. The summed E-state index contributed by atoms with van der Waals surface area (Å²) in [5.74, 6) is 1.56. The first-order valence-electron chi connectivity index (χ1n) is 18.6. The topological polar surface area (TPSA) is 49.9 Å². The molecule has 1 atom stereocenters. The van der Waals surface area contributed by atoms with Crippen LogP contribution in [0.25, 0.3) is 66.4 Å². The van der Waals surface area contributed by atoms with Crippen LogP contribution < -0.4 is 5.32 Å². The predicted octanol–water partition coefficient (Wildman–Crippen LogP) is 12.7. The fraction of sp³-hybridized carbons (Fsp3) is 0.0196. The highest BCUT2D eigenvalue weighted by atomic mass is 16.3. The molecule has 55 heavy (non-hydrogen) atoms. The Morgan fingerprint density at radius 3 is 1.49 bits per heavy atom. The monoisotopic (exact) mass is 705 g/mol. The summed E-state index contributed by atoms with van der Waals surface area (Å²) in [5, 5.41) is 5.68. The molecule has 260 valence electrons. The lowest BCUT2D eigenvalue weighted by atomic mass is 9.91. The second kappa shape index (κ2) is 13.9. The Bertz CT molecular complexity index is 2820. The number of amidine groups is 2. The average molecular weight is 706 g/mol. The SMILES string of the molecule is c1ccc(C2=NC(c3ccc4oc5cccc(-c6cc(-c7ccccc7)cc(-c7ccccc7)c6)c5c4c3)N=C(c3cccc(-c4ccccc4)c3)N2)cc1. The zero-order valence-corrected chi connectivity index (χ0v) is 29.9. The molecule has 2 heterocycles. The Morgan fingerprint density at radius 1 is 0.364 bits per heavy atom. The van der Waals surface area contributed by atoms with E-state index in [4.69, 9.17) is 14.4 Å². The lowest BCUT2D eigenvalue weighted by Gasteiger charge is -2.22. The van der Waals surface area contributed by atoms with Crippen LogP contribution in [0.5, 0.6) is 0 Å². The highest BCUT2D eigenvalue weighted by Gasteiger charge is 2.23. The van der Waals surface area contributed by atoms with E-state index in [1.54, 1.807) is 0 Å². The van der Waals surface area contributed by atoms with Crippen molar-refractivity contribution in [1.82, 2.24) is 5.32 Å². The van der Waals surface area contributed by atoms with Crippen LogP contribution in [0.3, 0.4) is 0 Å². The van der Waals surface area contributed by atoms with Crippen LogP contribution in [0.4, 0.5) is 0 Å². The van der Waals surface area contributed by atoms with E-state index in [-0.39, 0.29) is 0 Å². The number of nitrogens with one attached hydrogen (secondary N) is 1. The molecule has 1 unspecified atom stereocenters. The molecule has 9 aromatic rings. The Kier molecular flexibility index (Phi) is 8.19. The summed E-state index contributed by atoms with van der Waals surface area (Å²) in [5.41, 5.74) is 13.9. The van der Waals surface area contributed by atoms with Crippen molar-refractivity contribution in [3.05, 3.63) is 217 Å². The second-order valence-electron chi connectivity index (χ2n) is 13.8. The third-order valence-corrected chi connectivity index (χ3v) is 10.3. The molecule has 8 aromatic carbocycles. The highest BCUT2D eigenvalue weighted by Crippen LogP contribution is 2.41. The van der Waals surface area contributed by atoms with Crippen LogP contribution in [0, 0.1) is 0 Å². The van der Waals surface area contributed by atoms with Crippen LogP contribution in [0.1, 0.15) is 22.9 Å². The van der Waals surface area contributed by atoms with Gasteiger partial charge in [0.25, 0.3) is 0 Å². The van der Waals surface area contributed by atoms with Crippen LogP contribution in [-0.2, 0) is 0 Å². The standard InChI is InChI=1S/C51H35N3O/c1-5-15-34(16-6-1)38-23-13-24-39(29-38)50-52-49(37-21-11-4-12-22-37)53-51(54-50)40-27-28-46-45(33-40)48-44(25-14-26-47(48)55-46)43-31-41(35-17-7-2-8-18-35)30-42(32-43)36-19-9-3-10-20-36/h1-33,51H,(H,52,53,54). The molecule has 0 saturated carbocycles. The summed E-state index contributed by atoms with van der Waals surface area (Å²) in [4.78, 5) is 10.5. The molecule has 0 saturated heterocycles. The average Bonchev–Trinajstić information content (AvgIpc) is 3.66. The van der Waals surface area contributed by atoms with Crippen molar-refractivity contribution >= 4 is 33.6 Å². The van der Waals surface area contributed by atoms with Gasteiger partial charge in [-0.25, -0.2) is 9.98 Å². The maximum Gasteiger partial charge on any atom is 0.169 e. The maximum absolute atomic E-state index is 6.54. The molecule has 1 aromatic heterocycles. The van der Waals surface area contributed by atoms with Gasteiger partial charge in [-0.3, -0.25) is 0 Å². The normalized spacial score (nSPS) is 14.0. The summed E-state index contributed by atoms with van der Waals surface area (Å²) >= 11 is 0. The zero-order valence-electron chi connectivity index (χ0n) is 29.9. The molecule has 1 aliphatic heterocycles. The molecule has 4 heteroatoms. The second-order valence-corrected chi connectivity index (χ2v) is 13.8. The number of hydrogen-bond acceptors (Lipinski definition) is 4. The van der Waals surface area contributed by atoms with Gasteiger partial charge < -0.3 is 9.73 Å². The molecular formula is C51H35N3O. The van der Waals surface area contributed by atoms with Gasteiger partial charge in [0.2, 0.25) is 0 Å². The first-order chi connectivity index (χ1) is 27.2. The van der Waals surface area contributed by atoms with Crippen LogP contribution in [0.2, 0.25) is 0 Å². The zero-order chi connectivity index (χ0) is 36.6. The summed E-state index contributed by atoms with van der Waals surface area (Å²) in [6.45, 7) is 0. The Hall–Kier alpha value is -7.30. The summed E-state index contributed by atoms with van der Waals surface area (Å²) in [6, 6.07) is 70.0. The van der Waals surface area contributed by atoms with Gasteiger partial charge in [0, 0.05) is 21.9 Å². The number of fused-ring (bicyclic) bond motifs is 3. The van der Waals surface area contributed by atoms with E-state index in [1.165, 1.54) is 11.1 Å². The van der Waals surface area contributed by atoms with Crippen molar-refractivity contribution in [3.8, 4) is 44.5 Å². The quantitative estimate of drug-likeness (QED) is 0.179. The van der Waals surface area contributed by atoms with Gasteiger partial charge >= 0.3 is 0 Å². The van der Waals surface area contributed by atoms with Crippen LogP contribution in [-0.4, -0.2) is 11.7 Å². The number of nitrogens with zero attached hydrogens (tertiary/aromatic N) is 2. The van der Waals surface area contributed by atoms with Gasteiger partial charge in [0.1, 0.15) is 22.8 Å². The Labute approximate surface area is 319 Å². The molecular weight excluding hydrogens is 671 g/mol. The van der Waals surface area contributed by atoms with E-state index in [1.807, 2.05) is 24.3 Å². The van der Waals surface area contributed by atoms with Gasteiger partial charge in [-0.1, -0.05) is 158 Å². The van der Waals surface area contributed by atoms with E-state index >= 15 is 0 Å². The van der Waals surface area contributed by atoms with Crippen molar-refractivity contribution in [2.45, 2.75) is 6.17 Å². The molecule has 10 rings (SSSR count). The Morgan fingerprint density at radius 2 is 0.855 bits per heavy atom. The largest absolute Gasteiger partial charge is 0.456 e. The molecule has 0 radical (unpaired) electrons. The number of benzene rings is 8. The third kappa shape index (κ3) is 6.30. The number of rotatable bonds is 7. The lowest BCUT2D eigenvalue weighted by molar-refractivity contribution is 0.668. The van der Waals surface area contributed by atoms with Gasteiger partial charge in [-0.2, -0.15) is 0 Å². The number of furan rings is 1. The minimum Gasteiger partial charge on any atom is -0.456 e. The smallest absolute Gasteiger partial charge is 0.169 e. The van der Waals surface area contributed by atoms with Crippen LogP contribution >= 0.6 is 0 Å². The fourth-order valence-electron chi connectivity index (χ4n) is 7.59. The van der Waals surface area contributed by atoms with E-state index in [0.717, 1.165) is 83.7 Å². The molecule has 1 aliphatic rings. The Balaban J connectivity index is 1.12. The molecule has 0 bridgehead atoms. The van der Waals surface area contributed by atoms with Crippen molar-refractivity contribution in [3.63, 3.8) is 0 Å². The molecule has 4 nitrogen and oxygen atoms in total. The van der Waals surface area contributed by atoms with Crippen molar-refractivity contribution in [2.75, 3.05) is 0 Å². The molecule has 0 spiro atoms. The lowest BCUT2D eigenvalue weighted by Crippen LogP contribution is -2.36. The summed E-state index contributed by atoms with van der Waals surface area (Å²) in [6.07, 6.45) is -0.473.